The maximum Gasteiger partial charge on any atom is 0 e. The van der Waals surface area contributed by atoms with Crippen LogP contribution in [0.5, 0.6) is 0 Å². The minimum atomic E-state index is -2.36. The average molecular weight is 1240 g/mol. The van der Waals surface area contributed by atoms with Gasteiger partial charge in [-0.3, -0.25) is 4.98 Å². The van der Waals surface area contributed by atoms with Crippen LogP contribution in [0.15, 0.2) is 182 Å². The molecule has 0 bridgehead atoms. The molecule has 0 fully saturated rings. The second-order valence-corrected chi connectivity index (χ2v) is 33.6. The van der Waals surface area contributed by atoms with Crippen molar-refractivity contribution in [2.75, 3.05) is 0 Å². The topological polar surface area (TPSA) is 30.7 Å². The molecule has 8 aromatic carbocycles. The number of benzene rings is 8. The normalized spacial score (nSPS) is 13.2. The standard InChI is InChI=1S/C49H39N2S.C20H28GeN.Ir/c1-31(2)42-28-38(34-17-9-6-10-18-34)29-43(32(3)4)47(42)51-45-24-12-11-23-44(45)50-49(51)41-22-14-21-40-39-26-25-37(30-46(39)52-48(40)41)36-20-13-19-35(27-36)33-15-7-5-8-16-33;1-15-8-10-16(11-9-15)19-12-17(13-20(2,3)4)18(14-22-19)21(5,6)7;/h5-21,23-32H,1-4H3;8-10,12,14H,13H2,1-7H3;/q2*-1;/i;1D3,13D2;. The van der Waals surface area contributed by atoms with Gasteiger partial charge >= 0.3 is 145 Å². The van der Waals surface area contributed by atoms with E-state index in [2.05, 4.69) is 218 Å². The summed E-state index contributed by atoms with van der Waals surface area (Å²) >= 11 is -0.513. The van der Waals surface area contributed by atoms with Gasteiger partial charge in [-0.05, 0) is 103 Å². The summed E-state index contributed by atoms with van der Waals surface area (Å²) in [7, 11) is 0. The van der Waals surface area contributed by atoms with Crippen molar-refractivity contribution in [2.45, 2.75) is 90.8 Å². The minimum Gasteiger partial charge on any atom is 0 e. The van der Waals surface area contributed by atoms with Crippen LogP contribution >= 0.6 is 11.3 Å². The predicted octanol–water partition coefficient (Wildman–Crippen LogP) is 19.1. The molecule has 0 unspecified atom stereocenters. The zero-order valence-electron chi connectivity index (χ0n) is 49.6. The molecule has 0 saturated heterocycles. The first-order valence-corrected chi connectivity index (χ1v) is 33.9. The van der Waals surface area contributed by atoms with Gasteiger partial charge in [0.1, 0.15) is 0 Å². The predicted molar refractivity (Wildman–Crippen MR) is 322 cm³/mol. The summed E-state index contributed by atoms with van der Waals surface area (Å²) in [5, 5.41) is 2.50. The van der Waals surface area contributed by atoms with Gasteiger partial charge in [0.2, 0.25) is 0 Å². The SMILES string of the molecule is CC(C)c1cc(-c2ccccc2)cc(C(C)C)c1-n1c(-c2[c-]ccc3c2sc2cc(-c4cccc(-c5ccccc5)c4)ccc23)nc2ccccc21.[2H]C([2H])([2H])c1c[c-]c(-c2cc(C([2H])([2H])C(C)(C)C)[c]([Ge]([CH3])([CH3])[CH3])cn2)cc1.[Ir]. The maximum absolute atomic E-state index is 8.80. The van der Waals surface area contributed by atoms with Crippen LogP contribution in [0.3, 0.4) is 0 Å². The van der Waals surface area contributed by atoms with Crippen molar-refractivity contribution in [1.82, 2.24) is 14.5 Å². The van der Waals surface area contributed by atoms with Gasteiger partial charge < -0.3 is 4.57 Å². The van der Waals surface area contributed by atoms with E-state index in [0.29, 0.717) is 28.7 Å². The summed E-state index contributed by atoms with van der Waals surface area (Å²) in [6.45, 7) is 12.8. The Hall–Kier alpha value is -6.21. The van der Waals surface area contributed by atoms with Gasteiger partial charge in [0.25, 0.3) is 0 Å². The zero-order valence-corrected chi connectivity index (χ0v) is 49.9. The summed E-state index contributed by atoms with van der Waals surface area (Å²) in [4.78, 5) is 9.97. The van der Waals surface area contributed by atoms with Crippen LogP contribution in [0.1, 0.15) is 89.4 Å². The van der Waals surface area contributed by atoms with Crippen LogP contribution < -0.4 is 4.40 Å². The Morgan fingerprint density at radius 3 is 1.91 bits per heavy atom. The summed E-state index contributed by atoms with van der Waals surface area (Å²) in [5.74, 6) is 8.23. The average Bonchev–Trinajstić information content (AvgIpc) is 4.21. The number of aromatic nitrogens is 3. The minimum absolute atomic E-state index is 0. The van der Waals surface area contributed by atoms with E-state index in [0.717, 1.165) is 26.8 Å². The number of fused-ring (bicyclic) bond motifs is 4. The molecule has 0 N–H and O–H groups in total. The van der Waals surface area contributed by atoms with E-state index in [1.54, 1.807) is 12.1 Å². The molecule has 0 amide bonds. The third kappa shape index (κ3) is 11.5. The van der Waals surface area contributed by atoms with Gasteiger partial charge in [-0.1, -0.05) is 142 Å². The second kappa shape index (κ2) is 22.2. The fourth-order valence-electron chi connectivity index (χ4n) is 9.92. The van der Waals surface area contributed by atoms with E-state index >= 15 is 0 Å². The molecule has 3 nitrogen and oxygen atoms in total. The van der Waals surface area contributed by atoms with E-state index in [-0.39, 0.29) is 25.7 Å². The van der Waals surface area contributed by atoms with Crippen LogP contribution in [0.4, 0.5) is 0 Å². The Morgan fingerprint density at radius 2 is 1.28 bits per heavy atom. The fraction of sp³-hybridized carbons (Fsp3) is 0.217. The molecule has 3 heterocycles. The molecule has 11 aromatic rings. The largest absolute Gasteiger partial charge is 0 e. The molecule has 6 heteroatoms. The van der Waals surface area contributed by atoms with Gasteiger partial charge in [-0.25, -0.2) is 0 Å². The summed E-state index contributed by atoms with van der Waals surface area (Å²) in [6.07, 6.45) is 0.303. The monoisotopic (exact) mass is 1240 g/mol. The molecule has 75 heavy (non-hydrogen) atoms. The third-order valence-corrected chi connectivity index (χ3v) is 19.0. The van der Waals surface area contributed by atoms with Crippen LogP contribution in [0.25, 0.3) is 92.9 Å². The molecule has 3 aromatic heterocycles. The van der Waals surface area contributed by atoms with E-state index < -0.39 is 31.9 Å². The van der Waals surface area contributed by atoms with Crippen molar-refractivity contribution < 1.29 is 27.0 Å². The molecule has 0 aliphatic heterocycles. The Morgan fingerprint density at radius 1 is 0.653 bits per heavy atom. The van der Waals surface area contributed by atoms with Crippen LogP contribution in [-0.4, -0.2) is 27.8 Å². The first kappa shape index (κ1) is 47.3. The van der Waals surface area contributed by atoms with Crippen LogP contribution in [-0.2, 0) is 26.5 Å². The fourth-order valence-corrected chi connectivity index (χ4v) is 14.1. The van der Waals surface area contributed by atoms with Crippen molar-refractivity contribution in [3.63, 3.8) is 0 Å². The number of hydrogen-bond donors (Lipinski definition) is 0. The number of nitrogens with zero attached hydrogens (tertiary/aromatic N) is 3. The summed E-state index contributed by atoms with van der Waals surface area (Å²) in [6, 6.07) is 68.1. The molecule has 0 atom stereocenters. The molecule has 1 radical (unpaired) electrons. The zero-order chi connectivity index (χ0) is 56.2. The number of thiophene rings is 1. The molecule has 0 aliphatic carbocycles. The van der Waals surface area contributed by atoms with Crippen molar-refractivity contribution in [2.24, 2.45) is 5.41 Å². The summed E-state index contributed by atoms with van der Waals surface area (Å²) in [5.41, 5.74) is 16.0. The van der Waals surface area contributed by atoms with Gasteiger partial charge in [0, 0.05) is 30.5 Å². The van der Waals surface area contributed by atoms with Gasteiger partial charge in [0.05, 0.1) is 16.9 Å². The quantitative estimate of drug-likeness (QED) is 0.101. The van der Waals surface area contributed by atoms with Crippen molar-refractivity contribution in [3.05, 3.63) is 217 Å². The molecule has 0 spiro atoms. The van der Waals surface area contributed by atoms with Crippen LogP contribution in [0, 0.1) is 24.4 Å². The Balaban J connectivity index is 0.000000235. The number of imidazole rings is 1. The molecular weight excluding hydrogens is 1170 g/mol. The maximum atomic E-state index is 8.80. The van der Waals surface area contributed by atoms with Crippen molar-refractivity contribution >= 4 is 60.2 Å². The van der Waals surface area contributed by atoms with Crippen LogP contribution in [0.2, 0.25) is 17.3 Å². The smallest absolute Gasteiger partial charge is 0 e. The molecular formula is C69H67GeIrN3S-2. The van der Waals surface area contributed by atoms with Crippen molar-refractivity contribution in [1.29, 1.82) is 0 Å². The number of hydrogen-bond acceptors (Lipinski definition) is 3. The molecule has 0 saturated carbocycles. The Labute approximate surface area is 472 Å². The number of para-hydroxylation sites is 2. The molecule has 11 rings (SSSR count). The Kier molecular flexibility index (Phi) is 14.0. The van der Waals surface area contributed by atoms with Gasteiger partial charge in [0.15, 0.2) is 0 Å². The molecule has 379 valence electrons. The first-order chi connectivity index (χ1) is 37.5. The van der Waals surface area contributed by atoms with Gasteiger partial charge in [-0.2, -0.15) is 11.3 Å². The second-order valence-electron chi connectivity index (χ2n) is 22.0. The number of rotatable bonds is 10. The van der Waals surface area contributed by atoms with E-state index in [9.17, 15) is 0 Å². The van der Waals surface area contributed by atoms with Crippen molar-refractivity contribution in [3.8, 4) is 61.7 Å². The molecule has 0 aliphatic rings. The van der Waals surface area contributed by atoms with E-state index in [1.165, 1.54) is 76.4 Å². The van der Waals surface area contributed by atoms with E-state index in [4.69, 9.17) is 11.8 Å². The summed E-state index contributed by atoms with van der Waals surface area (Å²) < 4.78 is 46.0. The first-order valence-electron chi connectivity index (χ1n) is 28.3. The number of aryl methyl sites for hydroxylation is 1. The Bertz CT molecular complexity index is 3970. The van der Waals surface area contributed by atoms with E-state index in [1.807, 2.05) is 44.4 Å². The van der Waals surface area contributed by atoms with Gasteiger partial charge in [-0.15, -0.1) is 18.2 Å². The third-order valence-electron chi connectivity index (χ3n) is 13.6. The number of pyridine rings is 1.